The fourth-order valence-corrected chi connectivity index (χ4v) is 1.66. The number of rotatable bonds is 2. The third-order valence-corrected chi connectivity index (χ3v) is 2.85. The average molecular weight is 205 g/mol. The largest absolute Gasteiger partial charge is 0.324 e. The Balaban J connectivity index is 2.06. The van der Waals surface area contributed by atoms with Gasteiger partial charge in [0.2, 0.25) is 5.91 Å². The molecule has 0 radical (unpaired) electrons. The Morgan fingerprint density at radius 1 is 1.60 bits per heavy atom. The van der Waals surface area contributed by atoms with Crippen molar-refractivity contribution in [3.63, 3.8) is 0 Å². The van der Waals surface area contributed by atoms with E-state index in [1.54, 1.807) is 12.3 Å². The molecule has 2 rings (SSSR count). The van der Waals surface area contributed by atoms with E-state index in [4.69, 9.17) is 5.73 Å². The number of aromatic nitrogens is 1. The van der Waals surface area contributed by atoms with E-state index in [0.717, 1.165) is 30.6 Å². The zero-order chi connectivity index (χ0) is 10.9. The summed E-state index contributed by atoms with van der Waals surface area (Å²) in [5.41, 5.74) is 6.91. The van der Waals surface area contributed by atoms with Gasteiger partial charge in [0.25, 0.3) is 0 Å². The van der Waals surface area contributed by atoms with Gasteiger partial charge in [-0.3, -0.25) is 9.78 Å². The summed E-state index contributed by atoms with van der Waals surface area (Å²) in [4.78, 5) is 15.8. The van der Waals surface area contributed by atoms with Crippen LogP contribution in [0.1, 0.15) is 25.0 Å². The van der Waals surface area contributed by atoms with Crippen LogP contribution >= 0.6 is 0 Å². The van der Waals surface area contributed by atoms with Gasteiger partial charge in [-0.2, -0.15) is 0 Å². The van der Waals surface area contributed by atoms with Gasteiger partial charge in [0.05, 0.1) is 5.54 Å². The van der Waals surface area contributed by atoms with E-state index in [1.807, 2.05) is 13.0 Å². The molecule has 1 fully saturated rings. The molecule has 15 heavy (non-hydrogen) atoms. The summed E-state index contributed by atoms with van der Waals surface area (Å²) in [6.45, 7) is 1.89. The Bertz CT molecular complexity index is 385. The molecule has 80 valence electrons. The lowest BCUT2D eigenvalue weighted by Crippen LogP contribution is -2.56. The number of anilines is 1. The Morgan fingerprint density at radius 2 is 2.33 bits per heavy atom. The minimum Gasteiger partial charge on any atom is -0.324 e. The fourth-order valence-electron chi connectivity index (χ4n) is 1.66. The predicted molar refractivity (Wildman–Crippen MR) is 58.4 cm³/mol. The van der Waals surface area contributed by atoms with Gasteiger partial charge in [-0.15, -0.1) is 0 Å². The maximum absolute atomic E-state index is 11.8. The maximum atomic E-state index is 11.8. The van der Waals surface area contributed by atoms with Crippen LogP contribution in [-0.2, 0) is 4.79 Å². The first kappa shape index (κ1) is 10.1. The molecule has 0 aromatic carbocycles. The number of aryl methyl sites for hydroxylation is 1. The number of carbonyl (C=O) groups excluding carboxylic acids is 1. The van der Waals surface area contributed by atoms with Crippen molar-refractivity contribution >= 4 is 11.6 Å². The van der Waals surface area contributed by atoms with Crippen LogP contribution in [0.2, 0.25) is 0 Å². The zero-order valence-electron chi connectivity index (χ0n) is 8.79. The third-order valence-electron chi connectivity index (χ3n) is 2.85. The van der Waals surface area contributed by atoms with Crippen LogP contribution in [-0.4, -0.2) is 16.4 Å². The van der Waals surface area contributed by atoms with Crippen molar-refractivity contribution in [1.29, 1.82) is 0 Å². The quantitative estimate of drug-likeness (QED) is 0.762. The summed E-state index contributed by atoms with van der Waals surface area (Å²) < 4.78 is 0. The lowest BCUT2D eigenvalue weighted by Gasteiger charge is -2.36. The zero-order valence-corrected chi connectivity index (χ0v) is 8.79. The van der Waals surface area contributed by atoms with Crippen LogP contribution in [0.15, 0.2) is 18.3 Å². The number of pyridine rings is 1. The molecule has 1 aliphatic carbocycles. The molecule has 4 heteroatoms. The second-order valence-electron chi connectivity index (χ2n) is 4.15. The molecule has 1 aromatic rings. The monoisotopic (exact) mass is 205 g/mol. The molecule has 1 aromatic heterocycles. The van der Waals surface area contributed by atoms with Gasteiger partial charge in [0, 0.05) is 17.6 Å². The molecule has 0 bridgehead atoms. The smallest absolute Gasteiger partial charge is 0.244 e. The predicted octanol–water partition coefficient (Wildman–Crippen LogP) is 1.21. The number of amides is 1. The summed E-state index contributed by atoms with van der Waals surface area (Å²) >= 11 is 0. The van der Waals surface area contributed by atoms with Crippen molar-refractivity contribution < 1.29 is 4.79 Å². The molecule has 0 spiro atoms. The van der Waals surface area contributed by atoms with Crippen LogP contribution in [0.5, 0.6) is 0 Å². The molecular weight excluding hydrogens is 190 g/mol. The fraction of sp³-hybridized carbons (Fsp3) is 0.455. The van der Waals surface area contributed by atoms with Gasteiger partial charge >= 0.3 is 0 Å². The van der Waals surface area contributed by atoms with Crippen LogP contribution in [0, 0.1) is 6.92 Å². The molecule has 4 nitrogen and oxygen atoms in total. The summed E-state index contributed by atoms with van der Waals surface area (Å²) in [5, 5.41) is 2.82. The van der Waals surface area contributed by atoms with E-state index < -0.39 is 5.54 Å². The average Bonchev–Trinajstić information content (AvgIpc) is 2.14. The minimum atomic E-state index is -0.642. The molecule has 0 saturated heterocycles. The van der Waals surface area contributed by atoms with E-state index in [9.17, 15) is 4.79 Å². The minimum absolute atomic E-state index is 0.0839. The van der Waals surface area contributed by atoms with Crippen LogP contribution in [0.25, 0.3) is 0 Å². The SMILES string of the molecule is Cc1cc(NC(=O)C2(N)CCC2)ccn1. The van der Waals surface area contributed by atoms with Crippen LogP contribution < -0.4 is 11.1 Å². The summed E-state index contributed by atoms with van der Waals surface area (Å²) in [7, 11) is 0. The van der Waals surface area contributed by atoms with Crippen molar-refractivity contribution in [2.75, 3.05) is 5.32 Å². The number of carbonyl (C=O) groups is 1. The Morgan fingerprint density at radius 3 is 2.87 bits per heavy atom. The standard InChI is InChI=1S/C11H15N3O/c1-8-7-9(3-6-13-8)14-10(15)11(12)4-2-5-11/h3,6-7H,2,4-5,12H2,1H3,(H,13,14,15). The molecule has 0 atom stereocenters. The number of hydrogen-bond donors (Lipinski definition) is 2. The number of nitrogens with two attached hydrogens (primary N) is 1. The Hall–Kier alpha value is -1.42. The summed E-state index contributed by atoms with van der Waals surface area (Å²) in [6, 6.07) is 3.60. The van der Waals surface area contributed by atoms with E-state index in [1.165, 1.54) is 0 Å². The maximum Gasteiger partial charge on any atom is 0.244 e. The molecule has 1 aliphatic rings. The molecule has 1 saturated carbocycles. The van der Waals surface area contributed by atoms with Gasteiger partial charge in [0.15, 0.2) is 0 Å². The van der Waals surface area contributed by atoms with Gasteiger partial charge in [-0.05, 0) is 38.3 Å². The second-order valence-corrected chi connectivity index (χ2v) is 4.15. The molecule has 3 N–H and O–H groups in total. The Kier molecular flexibility index (Phi) is 2.44. The van der Waals surface area contributed by atoms with Gasteiger partial charge in [-0.25, -0.2) is 0 Å². The third kappa shape index (κ3) is 1.99. The first-order valence-corrected chi connectivity index (χ1v) is 5.13. The molecule has 1 amide bonds. The number of nitrogens with zero attached hydrogens (tertiary/aromatic N) is 1. The molecule has 0 unspecified atom stereocenters. The van der Waals surface area contributed by atoms with Crippen molar-refractivity contribution in [3.05, 3.63) is 24.0 Å². The number of nitrogens with one attached hydrogen (secondary N) is 1. The lowest BCUT2D eigenvalue weighted by molar-refractivity contribution is -0.123. The van der Waals surface area contributed by atoms with Gasteiger partial charge in [-0.1, -0.05) is 0 Å². The molecular formula is C11H15N3O. The van der Waals surface area contributed by atoms with Gasteiger partial charge in [0.1, 0.15) is 0 Å². The van der Waals surface area contributed by atoms with Crippen molar-refractivity contribution in [2.45, 2.75) is 31.7 Å². The number of hydrogen-bond acceptors (Lipinski definition) is 3. The highest BCUT2D eigenvalue weighted by Crippen LogP contribution is 2.30. The summed E-state index contributed by atoms with van der Waals surface area (Å²) in [6.07, 6.45) is 4.28. The normalized spacial score (nSPS) is 18.0. The highest BCUT2D eigenvalue weighted by atomic mass is 16.2. The highest BCUT2D eigenvalue weighted by molar-refractivity contribution is 5.98. The highest BCUT2D eigenvalue weighted by Gasteiger charge is 2.40. The van der Waals surface area contributed by atoms with Crippen LogP contribution in [0.3, 0.4) is 0 Å². The Labute approximate surface area is 88.9 Å². The second kappa shape index (κ2) is 3.62. The first-order chi connectivity index (χ1) is 7.10. The van der Waals surface area contributed by atoms with Crippen molar-refractivity contribution in [1.82, 2.24) is 4.98 Å². The van der Waals surface area contributed by atoms with Crippen molar-refractivity contribution in [2.24, 2.45) is 5.73 Å². The van der Waals surface area contributed by atoms with Gasteiger partial charge < -0.3 is 11.1 Å². The van der Waals surface area contributed by atoms with E-state index in [-0.39, 0.29) is 5.91 Å². The van der Waals surface area contributed by atoms with E-state index in [2.05, 4.69) is 10.3 Å². The lowest BCUT2D eigenvalue weighted by atomic mass is 9.77. The molecule has 0 aliphatic heterocycles. The van der Waals surface area contributed by atoms with Crippen molar-refractivity contribution in [3.8, 4) is 0 Å². The summed E-state index contributed by atoms with van der Waals surface area (Å²) in [5.74, 6) is -0.0839. The van der Waals surface area contributed by atoms with Crippen LogP contribution in [0.4, 0.5) is 5.69 Å². The topological polar surface area (TPSA) is 68.0 Å². The first-order valence-electron chi connectivity index (χ1n) is 5.13. The van der Waals surface area contributed by atoms with E-state index >= 15 is 0 Å². The van der Waals surface area contributed by atoms with E-state index in [0.29, 0.717) is 0 Å². The molecule has 1 heterocycles.